The number of amides is 1. The smallest absolute Gasteiger partial charge is 0.275 e. The number of benzene rings is 1. The lowest BCUT2D eigenvalue weighted by molar-refractivity contribution is 0.102. The molecule has 0 atom stereocenters. The highest BCUT2D eigenvalue weighted by atomic mass is 16.1. The first kappa shape index (κ1) is 14.4. The van der Waals surface area contributed by atoms with Crippen molar-refractivity contribution in [2.45, 2.75) is 25.8 Å². The highest BCUT2D eigenvalue weighted by molar-refractivity contribution is 6.02. The van der Waals surface area contributed by atoms with Gasteiger partial charge in [0.2, 0.25) is 0 Å². The van der Waals surface area contributed by atoms with E-state index in [2.05, 4.69) is 30.8 Å². The average Bonchev–Trinajstić information content (AvgIpc) is 3.33. The molecule has 1 N–H and O–H groups in total. The summed E-state index contributed by atoms with van der Waals surface area (Å²) in [5.74, 6) is 0.456. The minimum atomic E-state index is -0.293. The van der Waals surface area contributed by atoms with E-state index < -0.39 is 0 Å². The van der Waals surface area contributed by atoms with Crippen molar-refractivity contribution in [1.29, 1.82) is 0 Å². The predicted octanol–water partition coefficient (Wildman–Crippen LogP) is 2.03. The van der Waals surface area contributed by atoms with Crippen molar-refractivity contribution in [3.05, 3.63) is 48.0 Å². The molecule has 2 heterocycles. The van der Waals surface area contributed by atoms with E-state index in [4.69, 9.17) is 0 Å². The molecule has 2 aromatic heterocycles. The first-order valence-electron chi connectivity index (χ1n) is 7.69. The largest absolute Gasteiger partial charge is 0.321 e. The molecule has 1 fully saturated rings. The Balaban J connectivity index is 1.50. The zero-order valence-electron chi connectivity index (χ0n) is 13.0. The second-order valence-electron chi connectivity index (χ2n) is 5.75. The Morgan fingerprint density at radius 1 is 1.17 bits per heavy atom. The summed E-state index contributed by atoms with van der Waals surface area (Å²) in [6, 6.07) is 7.83. The number of aromatic nitrogens is 6. The highest BCUT2D eigenvalue weighted by Crippen LogP contribution is 2.36. The number of anilines is 1. The van der Waals surface area contributed by atoms with Crippen LogP contribution >= 0.6 is 0 Å². The van der Waals surface area contributed by atoms with Gasteiger partial charge in [0, 0.05) is 17.4 Å². The molecule has 8 heteroatoms. The molecule has 24 heavy (non-hydrogen) atoms. The summed E-state index contributed by atoms with van der Waals surface area (Å²) in [5, 5.41) is 14.7. The van der Waals surface area contributed by atoms with Gasteiger partial charge in [0.25, 0.3) is 5.91 Å². The van der Waals surface area contributed by atoms with Gasteiger partial charge in [-0.2, -0.15) is 0 Å². The van der Waals surface area contributed by atoms with Gasteiger partial charge < -0.3 is 5.32 Å². The Bertz CT molecular complexity index is 866. The molecule has 1 amide bonds. The van der Waals surface area contributed by atoms with Gasteiger partial charge in [0.1, 0.15) is 5.69 Å². The maximum atomic E-state index is 12.1. The molecule has 0 saturated heterocycles. The molecule has 1 aromatic carbocycles. The third-order valence-electron chi connectivity index (χ3n) is 3.80. The predicted molar refractivity (Wildman–Crippen MR) is 86.2 cm³/mol. The standard InChI is InChI=1S/C16H15N7O/c1-10-8-18-14(9-17-10)16(24)19-12-4-2-11(3-5-12)15-20-21-22-23(15)13-6-7-13/h2-5,8-9,13H,6-7H2,1H3,(H,19,24). The third-order valence-corrected chi connectivity index (χ3v) is 3.80. The van der Waals surface area contributed by atoms with Crippen molar-refractivity contribution >= 4 is 11.6 Å². The average molecular weight is 321 g/mol. The molecule has 0 bridgehead atoms. The molecule has 8 nitrogen and oxygen atoms in total. The Labute approximate surface area is 137 Å². The van der Waals surface area contributed by atoms with Crippen LogP contribution in [-0.4, -0.2) is 36.1 Å². The number of hydrogen-bond acceptors (Lipinski definition) is 6. The molecule has 1 saturated carbocycles. The maximum Gasteiger partial charge on any atom is 0.275 e. The second-order valence-corrected chi connectivity index (χ2v) is 5.75. The van der Waals surface area contributed by atoms with Gasteiger partial charge in [-0.15, -0.1) is 5.10 Å². The minimum absolute atomic E-state index is 0.280. The second kappa shape index (κ2) is 5.80. The van der Waals surface area contributed by atoms with E-state index in [1.807, 2.05) is 35.9 Å². The van der Waals surface area contributed by atoms with Gasteiger partial charge in [0.05, 0.1) is 17.9 Å². The number of aryl methyl sites for hydroxylation is 1. The fraction of sp³-hybridized carbons (Fsp3) is 0.250. The van der Waals surface area contributed by atoms with E-state index in [1.54, 1.807) is 6.20 Å². The molecule has 0 aliphatic heterocycles. The molecule has 0 spiro atoms. The Hall–Kier alpha value is -3.16. The fourth-order valence-corrected chi connectivity index (χ4v) is 2.36. The SMILES string of the molecule is Cc1cnc(C(=O)Nc2ccc(-c3nnnn3C3CC3)cc2)cn1. The van der Waals surface area contributed by atoms with Crippen LogP contribution in [0.2, 0.25) is 0 Å². The van der Waals surface area contributed by atoms with Crippen molar-refractivity contribution in [3.63, 3.8) is 0 Å². The highest BCUT2D eigenvalue weighted by Gasteiger charge is 2.28. The zero-order valence-corrected chi connectivity index (χ0v) is 13.0. The monoisotopic (exact) mass is 321 g/mol. The van der Waals surface area contributed by atoms with Crippen molar-refractivity contribution in [2.24, 2.45) is 0 Å². The Morgan fingerprint density at radius 3 is 2.62 bits per heavy atom. The van der Waals surface area contributed by atoms with E-state index in [0.717, 1.165) is 29.9 Å². The quantitative estimate of drug-likeness (QED) is 0.789. The first-order chi connectivity index (χ1) is 11.7. The molecular formula is C16H15N7O. The Morgan fingerprint density at radius 2 is 1.96 bits per heavy atom. The topological polar surface area (TPSA) is 98.5 Å². The lowest BCUT2D eigenvalue weighted by Crippen LogP contribution is -2.14. The van der Waals surface area contributed by atoms with E-state index in [-0.39, 0.29) is 11.6 Å². The summed E-state index contributed by atoms with van der Waals surface area (Å²) in [5.41, 5.74) is 2.64. The van der Waals surface area contributed by atoms with Crippen molar-refractivity contribution < 1.29 is 4.79 Å². The summed E-state index contributed by atoms with van der Waals surface area (Å²) in [6.07, 6.45) is 5.26. The van der Waals surface area contributed by atoms with Gasteiger partial charge in [-0.25, -0.2) is 9.67 Å². The molecule has 0 unspecified atom stereocenters. The van der Waals surface area contributed by atoms with Gasteiger partial charge in [-0.3, -0.25) is 9.78 Å². The molecule has 120 valence electrons. The summed E-state index contributed by atoms with van der Waals surface area (Å²) in [7, 11) is 0. The number of hydrogen-bond donors (Lipinski definition) is 1. The van der Waals surface area contributed by atoms with Gasteiger partial charge >= 0.3 is 0 Å². The molecule has 4 rings (SSSR count). The maximum absolute atomic E-state index is 12.1. The van der Waals surface area contributed by atoms with Gasteiger partial charge in [0.15, 0.2) is 5.82 Å². The van der Waals surface area contributed by atoms with Crippen LogP contribution in [0.15, 0.2) is 36.7 Å². The number of carbonyl (C=O) groups excluding carboxylic acids is 1. The minimum Gasteiger partial charge on any atom is -0.321 e. The van der Waals surface area contributed by atoms with Crippen LogP contribution in [0.25, 0.3) is 11.4 Å². The van der Waals surface area contributed by atoms with E-state index in [0.29, 0.717) is 11.7 Å². The van der Waals surface area contributed by atoms with Crippen LogP contribution in [0, 0.1) is 6.92 Å². The normalized spacial score (nSPS) is 13.7. The first-order valence-corrected chi connectivity index (χ1v) is 7.69. The van der Waals surface area contributed by atoms with Crippen molar-refractivity contribution in [2.75, 3.05) is 5.32 Å². The van der Waals surface area contributed by atoms with E-state index >= 15 is 0 Å². The number of tetrazole rings is 1. The van der Waals surface area contributed by atoms with Crippen molar-refractivity contribution in [3.8, 4) is 11.4 Å². The van der Waals surface area contributed by atoms with Crippen LogP contribution in [0.4, 0.5) is 5.69 Å². The molecular weight excluding hydrogens is 306 g/mol. The lowest BCUT2D eigenvalue weighted by Gasteiger charge is -2.06. The fourth-order valence-electron chi connectivity index (χ4n) is 2.36. The zero-order chi connectivity index (χ0) is 16.5. The van der Waals surface area contributed by atoms with Crippen LogP contribution in [0.1, 0.15) is 35.1 Å². The van der Waals surface area contributed by atoms with E-state index in [9.17, 15) is 4.79 Å². The van der Waals surface area contributed by atoms with Gasteiger partial charge in [-0.05, 0) is 54.5 Å². The van der Waals surface area contributed by atoms with Gasteiger partial charge in [-0.1, -0.05) is 0 Å². The van der Waals surface area contributed by atoms with Crippen molar-refractivity contribution in [1.82, 2.24) is 30.2 Å². The third kappa shape index (κ3) is 2.85. The number of nitrogens with zero attached hydrogens (tertiary/aromatic N) is 6. The van der Waals surface area contributed by atoms with Crippen LogP contribution < -0.4 is 5.32 Å². The summed E-state index contributed by atoms with van der Waals surface area (Å²) >= 11 is 0. The van der Waals surface area contributed by atoms with Crippen LogP contribution in [-0.2, 0) is 0 Å². The summed E-state index contributed by atoms with van der Waals surface area (Å²) in [6.45, 7) is 1.82. The molecule has 0 radical (unpaired) electrons. The number of nitrogens with one attached hydrogen (secondary N) is 1. The molecule has 3 aromatic rings. The number of carbonyl (C=O) groups is 1. The molecule has 1 aliphatic rings. The Kier molecular flexibility index (Phi) is 3.49. The molecule has 1 aliphatic carbocycles. The number of rotatable bonds is 4. The summed E-state index contributed by atoms with van der Waals surface area (Å²) in [4.78, 5) is 20.3. The summed E-state index contributed by atoms with van der Waals surface area (Å²) < 4.78 is 1.86. The van der Waals surface area contributed by atoms with Crippen LogP contribution in [0.5, 0.6) is 0 Å². The van der Waals surface area contributed by atoms with Crippen LogP contribution in [0.3, 0.4) is 0 Å². The lowest BCUT2D eigenvalue weighted by atomic mass is 10.2. The van der Waals surface area contributed by atoms with E-state index in [1.165, 1.54) is 6.20 Å².